The molecule has 8 nitrogen and oxygen atoms in total. The van der Waals surface area contributed by atoms with E-state index in [1.54, 1.807) is 38.1 Å². The van der Waals surface area contributed by atoms with E-state index >= 15 is 0 Å². The summed E-state index contributed by atoms with van der Waals surface area (Å²) >= 11 is 0. The summed E-state index contributed by atoms with van der Waals surface area (Å²) in [6, 6.07) is 6.43. The summed E-state index contributed by atoms with van der Waals surface area (Å²) in [5.41, 5.74) is -0.386. The van der Waals surface area contributed by atoms with Gasteiger partial charge < -0.3 is 24.4 Å². The molecule has 0 saturated heterocycles. The topological polar surface area (TPSA) is 107 Å². The zero-order chi connectivity index (χ0) is 19.3. The SMILES string of the molecule is CCOC(=O)c1c(O)c(O)c(C(=O)OCC)n1-c1ccc(OCC)cc1. The molecule has 0 atom stereocenters. The van der Waals surface area contributed by atoms with Crippen LogP contribution in [-0.2, 0) is 9.47 Å². The predicted octanol–water partition coefficient (Wildman–Crippen LogP) is 2.64. The molecule has 0 saturated carbocycles. The Morgan fingerprint density at radius 3 is 1.69 bits per heavy atom. The first kappa shape index (κ1) is 19.2. The fourth-order valence-electron chi connectivity index (χ4n) is 2.44. The highest BCUT2D eigenvalue weighted by atomic mass is 16.5. The van der Waals surface area contributed by atoms with Crippen LogP contribution in [0.15, 0.2) is 24.3 Å². The number of carbonyl (C=O) groups excluding carboxylic acids is 2. The second-order valence-electron chi connectivity index (χ2n) is 5.10. The van der Waals surface area contributed by atoms with Gasteiger partial charge in [0.05, 0.1) is 19.8 Å². The molecule has 26 heavy (non-hydrogen) atoms. The second-order valence-corrected chi connectivity index (χ2v) is 5.10. The van der Waals surface area contributed by atoms with E-state index in [9.17, 15) is 19.8 Å². The van der Waals surface area contributed by atoms with Crippen molar-refractivity contribution in [3.8, 4) is 22.9 Å². The average Bonchev–Trinajstić information content (AvgIpc) is 2.88. The number of carbonyl (C=O) groups is 2. The summed E-state index contributed by atoms with van der Waals surface area (Å²) in [7, 11) is 0. The summed E-state index contributed by atoms with van der Waals surface area (Å²) in [6.07, 6.45) is 0. The first-order valence-corrected chi connectivity index (χ1v) is 8.20. The highest BCUT2D eigenvalue weighted by molar-refractivity contribution is 6.00. The molecule has 0 radical (unpaired) electrons. The number of hydrogen-bond acceptors (Lipinski definition) is 7. The Morgan fingerprint density at radius 1 is 0.846 bits per heavy atom. The quantitative estimate of drug-likeness (QED) is 0.728. The minimum atomic E-state index is -0.885. The Kier molecular flexibility index (Phi) is 6.11. The zero-order valence-electron chi connectivity index (χ0n) is 14.8. The van der Waals surface area contributed by atoms with Crippen molar-refractivity contribution in [2.45, 2.75) is 20.8 Å². The van der Waals surface area contributed by atoms with Crippen LogP contribution in [0.1, 0.15) is 41.7 Å². The van der Waals surface area contributed by atoms with Crippen molar-refractivity contribution in [2.75, 3.05) is 19.8 Å². The summed E-state index contributed by atoms with van der Waals surface area (Å²) < 4.78 is 16.3. The van der Waals surface area contributed by atoms with Gasteiger partial charge in [0.1, 0.15) is 5.75 Å². The molecule has 0 amide bonds. The van der Waals surface area contributed by atoms with Gasteiger partial charge >= 0.3 is 11.9 Å². The minimum absolute atomic E-state index is 0.0578. The van der Waals surface area contributed by atoms with Gasteiger partial charge in [-0.15, -0.1) is 0 Å². The number of rotatable bonds is 7. The number of benzene rings is 1. The van der Waals surface area contributed by atoms with Crippen molar-refractivity contribution in [3.05, 3.63) is 35.7 Å². The van der Waals surface area contributed by atoms with E-state index in [0.717, 1.165) is 4.57 Å². The van der Waals surface area contributed by atoms with Crippen molar-refractivity contribution < 1.29 is 34.0 Å². The highest BCUT2D eigenvalue weighted by Gasteiger charge is 2.33. The van der Waals surface area contributed by atoms with Crippen molar-refractivity contribution in [1.82, 2.24) is 4.57 Å². The molecule has 0 fully saturated rings. The van der Waals surface area contributed by atoms with E-state index in [1.807, 2.05) is 6.92 Å². The molecule has 2 rings (SSSR count). The molecule has 0 spiro atoms. The van der Waals surface area contributed by atoms with Crippen molar-refractivity contribution in [1.29, 1.82) is 0 Å². The molecule has 2 aromatic rings. The number of hydrogen-bond donors (Lipinski definition) is 2. The third kappa shape index (κ3) is 3.58. The van der Waals surface area contributed by atoms with Gasteiger partial charge in [-0.25, -0.2) is 9.59 Å². The van der Waals surface area contributed by atoms with E-state index in [4.69, 9.17) is 14.2 Å². The molecule has 0 aliphatic carbocycles. The van der Waals surface area contributed by atoms with Crippen LogP contribution in [0.2, 0.25) is 0 Å². The normalized spacial score (nSPS) is 10.4. The molecule has 8 heteroatoms. The van der Waals surface area contributed by atoms with Crippen molar-refractivity contribution in [3.63, 3.8) is 0 Å². The van der Waals surface area contributed by atoms with Gasteiger partial charge in [-0.3, -0.25) is 4.57 Å². The molecule has 2 N–H and O–H groups in total. The third-order valence-corrected chi connectivity index (χ3v) is 3.46. The summed E-state index contributed by atoms with van der Waals surface area (Å²) in [6.45, 7) is 5.64. The van der Waals surface area contributed by atoms with E-state index in [0.29, 0.717) is 18.0 Å². The molecular weight excluding hydrogens is 342 g/mol. The van der Waals surface area contributed by atoms with Gasteiger partial charge in [0, 0.05) is 5.69 Å². The molecule has 0 unspecified atom stereocenters. The fourth-order valence-corrected chi connectivity index (χ4v) is 2.44. The smallest absolute Gasteiger partial charge is 0.359 e. The monoisotopic (exact) mass is 363 g/mol. The maximum atomic E-state index is 12.3. The van der Waals surface area contributed by atoms with Crippen LogP contribution < -0.4 is 4.74 Å². The highest BCUT2D eigenvalue weighted by Crippen LogP contribution is 2.39. The zero-order valence-corrected chi connectivity index (χ0v) is 14.8. The number of aromatic nitrogens is 1. The predicted molar refractivity (Wildman–Crippen MR) is 92.2 cm³/mol. The average molecular weight is 363 g/mol. The molecule has 0 aliphatic rings. The Hall–Kier alpha value is -3.16. The van der Waals surface area contributed by atoms with Crippen LogP contribution in [0.3, 0.4) is 0 Å². The first-order valence-electron chi connectivity index (χ1n) is 8.20. The molecule has 1 aromatic carbocycles. The van der Waals surface area contributed by atoms with E-state index in [1.165, 1.54) is 0 Å². The maximum absolute atomic E-state index is 12.3. The van der Waals surface area contributed by atoms with Crippen molar-refractivity contribution in [2.24, 2.45) is 0 Å². The van der Waals surface area contributed by atoms with Crippen LogP contribution in [0.4, 0.5) is 0 Å². The summed E-state index contributed by atoms with van der Waals surface area (Å²) in [5, 5.41) is 20.4. The van der Waals surface area contributed by atoms with Gasteiger partial charge in [-0.1, -0.05) is 0 Å². The van der Waals surface area contributed by atoms with E-state index in [2.05, 4.69) is 0 Å². The molecule has 0 aliphatic heterocycles. The van der Waals surface area contributed by atoms with Gasteiger partial charge in [0.25, 0.3) is 0 Å². The first-order chi connectivity index (χ1) is 12.5. The lowest BCUT2D eigenvalue weighted by Gasteiger charge is -2.13. The molecule has 1 heterocycles. The van der Waals surface area contributed by atoms with Crippen molar-refractivity contribution >= 4 is 11.9 Å². The van der Waals surface area contributed by atoms with Gasteiger partial charge in [0.15, 0.2) is 22.9 Å². The molecular formula is C18H21NO7. The summed E-state index contributed by atoms with van der Waals surface area (Å²) in [4.78, 5) is 24.6. The minimum Gasteiger partial charge on any atom is -0.503 e. The number of nitrogens with zero attached hydrogens (tertiary/aromatic N) is 1. The van der Waals surface area contributed by atoms with Crippen LogP contribution in [0, 0.1) is 0 Å². The van der Waals surface area contributed by atoms with Crippen LogP contribution >= 0.6 is 0 Å². The number of aromatic hydroxyl groups is 2. The fraction of sp³-hybridized carbons (Fsp3) is 0.333. The van der Waals surface area contributed by atoms with Crippen LogP contribution in [0.25, 0.3) is 5.69 Å². The number of ether oxygens (including phenoxy) is 3. The van der Waals surface area contributed by atoms with E-state index < -0.39 is 23.4 Å². The Morgan fingerprint density at radius 2 is 1.31 bits per heavy atom. The lowest BCUT2D eigenvalue weighted by Crippen LogP contribution is -2.16. The lowest BCUT2D eigenvalue weighted by molar-refractivity contribution is 0.0507. The Bertz CT molecular complexity index is 751. The third-order valence-electron chi connectivity index (χ3n) is 3.46. The van der Waals surface area contributed by atoms with Gasteiger partial charge in [-0.2, -0.15) is 0 Å². The largest absolute Gasteiger partial charge is 0.503 e. The van der Waals surface area contributed by atoms with Crippen LogP contribution in [0.5, 0.6) is 17.2 Å². The summed E-state index contributed by atoms with van der Waals surface area (Å²) in [5.74, 6) is -2.68. The molecule has 0 bridgehead atoms. The second kappa shape index (κ2) is 8.28. The maximum Gasteiger partial charge on any atom is 0.359 e. The Labute approximate surface area is 150 Å². The Balaban J connectivity index is 2.68. The van der Waals surface area contributed by atoms with Crippen LogP contribution in [-0.4, -0.2) is 46.5 Å². The number of esters is 2. The standard InChI is InChI=1S/C18H21NO7/c1-4-24-12-9-7-11(8-10-12)19-13(17(22)25-5-2)15(20)16(21)14(19)18(23)26-6-3/h7-10,20-21H,4-6H2,1-3H3. The van der Waals surface area contributed by atoms with E-state index in [-0.39, 0.29) is 24.6 Å². The molecule has 1 aromatic heterocycles. The van der Waals surface area contributed by atoms with Gasteiger partial charge in [-0.05, 0) is 45.0 Å². The molecule has 140 valence electrons. The van der Waals surface area contributed by atoms with Gasteiger partial charge in [0.2, 0.25) is 0 Å². The lowest BCUT2D eigenvalue weighted by atomic mass is 10.2.